The maximum atomic E-state index is 13.3. The summed E-state index contributed by atoms with van der Waals surface area (Å²) in [5.41, 5.74) is 2.24. The maximum absolute atomic E-state index is 13.3. The molecule has 150 valence electrons. The minimum Gasteiger partial charge on any atom is -0.496 e. The molecule has 0 spiro atoms. The van der Waals surface area contributed by atoms with Crippen molar-refractivity contribution in [2.75, 3.05) is 19.1 Å². The second kappa shape index (κ2) is 8.03. The predicted octanol–water partition coefficient (Wildman–Crippen LogP) is 5.90. The Balaban J connectivity index is 2.14. The Morgan fingerprint density at radius 2 is 1.79 bits per heavy atom. The summed E-state index contributed by atoms with van der Waals surface area (Å²) in [6, 6.07) is 11.5. The zero-order valence-electron chi connectivity index (χ0n) is 16.9. The van der Waals surface area contributed by atoms with Crippen molar-refractivity contribution in [1.82, 2.24) is 0 Å². The number of hydrogen-bond acceptors (Lipinski definition) is 4. The Morgan fingerprint density at radius 3 is 2.43 bits per heavy atom. The molecule has 1 heterocycles. The highest BCUT2D eigenvalue weighted by atomic mass is 79.9. The molecule has 1 unspecified atom stereocenters. The van der Waals surface area contributed by atoms with Crippen molar-refractivity contribution in [1.29, 1.82) is 0 Å². The number of para-hydroxylation sites is 1. The number of fused-ring (bicyclic) bond motifs is 1. The molecule has 0 N–H and O–H groups in total. The third kappa shape index (κ3) is 4.12. The summed E-state index contributed by atoms with van der Waals surface area (Å²) >= 11 is 3.54. The highest BCUT2D eigenvalue weighted by molar-refractivity contribution is 9.10. The van der Waals surface area contributed by atoms with Gasteiger partial charge in [0.1, 0.15) is 17.1 Å². The number of ether oxygens (including phenoxy) is 3. The van der Waals surface area contributed by atoms with Crippen molar-refractivity contribution in [3.63, 3.8) is 0 Å². The molecule has 0 saturated heterocycles. The number of benzene rings is 2. The fraction of sp³-hybridized carbons (Fsp3) is 0.409. The van der Waals surface area contributed by atoms with Gasteiger partial charge in [0.15, 0.2) is 0 Å². The van der Waals surface area contributed by atoms with Crippen LogP contribution in [0.2, 0.25) is 0 Å². The minimum absolute atomic E-state index is 0.190. The van der Waals surface area contributed by atoms with E-state index in [4.69, 9.17) is 14.2 Å². The fourth-order valence-electron chi connectivity index (χ4n) is 3.53. The van der Waals surface area contributed by atoms with Gasteiger partial charge in [-0.25, -0.2) is 4.79 Å². The average Bonchev–Trinajstić information content (AvgIpc) is 2.65. The van der Waals surface area contributed by atoms with Gasteiger partial charge in [-0.2, -0.15) is 0 Å². The summed E-state index contributed by atoms with van der Waals surface area (Å²) in [6.07, 6.45) is 1.22. The van der Waals surface area contributed by atoms with E-state index in [-0.39, 0.29) is 12.1 Å². The molecule has 28 heavy (non-hydrogen) atoms. The van der Waals surface area contributed by atoms with E-state index in [2.05, 4.69) is 15.9 Å². The van der Waals surface area contributed by atoms with Crippen LogP contribution in [-0.4, -0.2) is 25.9 Å². The first-order valence-electron chi connectivity index (χ1n) is 9.26. The lowest BCUT2D eigenvalue weighted by atomic mass is 9.91. The van der Waals surface area contributed by atoms with Gasteiger partial charge in [0.25, 0.3) is 0 Å². The first-order valence-corrected chi connectivity index (χ1v) is 10.1. The van der Waals surface area contributed by atoms with Gasteiger partial charge in [0.05, 0.1) is 30.4 Å². The van der Waals surface area contributed by atoms with E-state index in [0.717, 1.165) is 39.9 Å². The van der Waals surface area contributed by atoms with E-state index in [1.165, 1.54) is 0 Å². The van der Waals surface area contributed by atoms with Gasteiger partial charge in [-0.05, 0) is 67.2 Å². The molecular weight excluding hydrogens is 422 g/mol. The van der Waals surface area contributed by atoms with Gasteiger partial charge in [-0.3, -0.25) is 4.90 Å². The van der Waals surface area contributed by atoms with Gasteiger partial charge in [0.2, 0.25) is 0 Å². The number of hydrogen-bond donors (Lipinski definition) is 0. The number of halogens is 1. The zero-order valence-corrected chi connectivity index (χ0v) is 18.5. The molecule has 0 fully saturated rings. The lowest BCUT2D eigenvalue weighted by Gasteiger charge is -2.39. The zero-order chi connectivity index (χ0) is 20.5. The first kappa shape index (κ1) is 20.5. The van der Waals surface area contributed by atoms with Crippen molar-refractivity contribution in [2.24, 2.45) is 0 Å². The third-order valence-electron chi connectivity index (χ3n) is 4.70. The Bertz CT molecular complexity index is 875. The van der Waals surface area contributed by atoms with Crippen molar-refractivity contribution in [2.45, 2.75) is 45.3 Å². The van der Waals surface area contributed by atoms with Crippen molar-refractivity contribution < 1.29 is 19.0 Å². The van der Waals surface area contributed by atoms with Crippen LogP contribution in [0.15, 0.2) is 40.9 Å². The molecule has 0 saturated carbocycles. The molecule has 3 rings (SSSR count). The second-order valence-corrected chi connectivity index (χ2v) is 8.62. The largest absolute Gasteiger partial charge is 0.496 e. The molecular formula is C22H26BrNO4. The van der Waals surface area contributed by atoms with Crippen LogP contribution < -0.4 is 14.4 Å². The Labute approximate surface area is 174 Å². The summed E-state index contributed by atoms with van der Waals surface area (Å²) in [5, 5.41) is 0. The van der Waals surface area contributed by atoms with Crippen LogP contribution >= 0.6 is 15.9 Å². The maximum Gasteiger partial charge on any atom is 0.415 e. The molecule has 2 aromatic carbocycles. The van der Waals surface area contributed by atoms with Gasteiger partial charge >= 0.3 is 6.09 Å². The number of rotatable bonds is 3. The molecule has 1 atom stereocenters. The monoisotopic (exact) mass is 447 g/mol. The second-order valence-electron chi connectivity index (χ2n) is 7.76. The van der Waals surface area contributed by atoms with Crippen molar-refractivity contribution >= 4 is 27.7 Å². The molecule has 6 heteroatoms. The smallest absolute Gasteiger partial charge is 0.415 e. The molecule has 5 nitrogen and oxygen atoms in total. The van der Waals surface area contributed by atoms with Crippen LogP contribution in [0.4, 0.5) is 10.5 Å². The summed E-state index contributed by atoms with van der Waals surface area (Å²) in [4.78, 5) is 15.0. The highest BCUT2D eigenvalue weighted by Crippen LogP contribution is 2.45. The number of carbonyl (C=O) groups is 1. The topological polar surface area (TPSA) is 48.0 Å². The van der Waals surface area contributed by atoms with Gasteiger partial charge in [-0.1, -0.05) is 18.2 Å². The molecule has 0 radical (unpaired) electrons. The molecule has 0 aliphatic carbocycles. The van der Waals surface area contributed by atoms with Crippen LogP contribution in [0, 0.1) is 0 Å². The van der Waals surface area contributed by atoms with E-state index < -0.39 is 5.60 Å². The SMILES string of the molecule is COc1cc2c(cc1Br)CCC(c1ccccc1OC)N2C(=O)OC(C)(C)C. The number of aryl methyl sites for hydroxylation is 1. The van der Waals surface area contributed by atoms with E-state index >= 15 is 0 Å². The van der Waals surface area contributed by atoms with E-state index in [1.54, 1.807) is 19.1 Å². The number of anilines is 1. The van der Waals surface area contributed by atoms with Crippen LogP contribution in [0.1, 0.15) is 44.4 Å². The Hall–Kier alpha value is -2.21. The third-order valence-corrected chi connectivity index (χ3v) is 5.32. The van der Waals surface area contributed by atoms with Crippen LogP contribution in [0.5, 0.6) is 11.5 Å². The van der Waals surface area contributed by atoms with Crippen molar-refractivity contribution in [3.05, 3.63) is 52.0 Å². The first-order chi connectivity index (χ1) is 13.2. The Kier molecular flexibility index (Phi) is 5.89. The predicted molar refractivity (Wildman–Crippen MR) is 113 cm³/mol. The molecule has 0 bridgehead atoms. The number of methoxy groups -OCH3 is 2. The van der Waals surface area contributed by atoms with Crippen LogP contribution in [-0.2, 0) is 11.2 Å². The average molecular weight is 448 g/mol. The molecule has 1 aliphatic rings. The Morgan fingerprint density at radius 1 is 1.11 bits per heavy atom. The van der Waals surface area contributed by atoms with Crippen LogP contribution in [0.25, 0.3) is 0 Å². The molecule has 1 aliphatic heterocycles. The van der Waals surface area contributed by atoms with Gasteiger partial charge in [0, 0.05) is 11.6 Å². The van der Waals surface area contributed by atoms with Crippen LogP contribution in [0.3, 0.4) is 0 Å². The molecule has 0 aromatic heterocycles. The summed E-state index contributed by atoms with van der Waals surface area (Å²) in [6.45, 7) is 5.61. The molecule has 2 aromatic rings. The van der Waals surface area contributed by atoms with Gasteiger partial charge < -0.3 is 14.2 Å². The number of amides is 1. The normalized spacial score (nSPS) is 16.4. The van der Waals surface area contributed by atoms with E-state index in [9.17, 15) is 4.79 Å². The molecule has 1 amide bonds. The minimum atomic E-state index is -0.598. The summed E-state index contributed by atoms with van der Waals surface area (Å²) in [5.74, 6) is 1.43. The standard InChI is InChI=1S/C22H26BrNO4/c1-22(2,3)28-21(25)24-17(15-8-6-7-9-19(15)26-4)11-10-14-12-16(23)20(27-5)13-18(14)24/h6-9,12-13,17H,10-11H2,1-5H3. The van der Waals surface area contributed by atoms with Crippen molar-refractivity contribution in [3.8, 4) is 11.5 Å². The quantitative estimate of drug-likeness (QED) is 0.587. The van der Waals surface area contributed by atoms with E-state index in [1.807, 2.05) is 57.2 Å². The summed E-state index contributed by atoms with van der Waals surface area (Å²) in [7, 11) is 3.26. The highest BCUT2D eigenvalue weighted by Gasteiger charge is 2.37. The summed E-state index contributed by atoms with van der Waals surface area (Å²) < 4.78 is 17.7. The number of carbonyl (C=O) groups excluding carboxylic acids is 1. The lowest BCUT2D eigenvalue weighted by Crippen LogP contribution is -2.42. The lowest BCUT2D eigenvalue weighted by molar-refractivity contribution is 0.0559. The fourth-order valence-corrected chi connectivity index (χ4v) is 4.08. The van der Waals surface area contributed by atoms with E-state index in [0.29, 0.717) is 5.75 Å². The van der Waals surface area contributed by atoms with Gasteiger partial charge in [-0.15, -0.1) is 0 Å². The number of nitrogens with zero attached hydrogens (tertiary/aromatic N) is 1.